The highest BCUT2D eigenvalue weighted by molar-refractivity contribution is 5.63. The molecule has 2 aromatic rings. The Hall–Kier alpha value is -1.67. The number of hydrogen-bond donors (Lipinski definition) is 0. The third kappa shape index (κ3) is 7.41. The quantitative estimate of drug-likeness (QED) is 0.322. The van der Waals surface area contributed by atoms with Crippen LogP contribution in [-0.2, 0) is 17.8 Å². The smallest absolute Gasteiger partial charge is 0.0894 e. The fourth-order valence-electron chi connectivity index (χ4n) is 6.51. The van der Waals surface area contributed by atoms with Gasteiger partial charge in [-0.15, -0.1) is 0 Å². The SMILES string of the molecule is CCOCc1ccc(-c2ccc(CCC3CCC([C@H]4CC[C@H](CCCF)CC4)CC3)cc2)cc1. The summed E-state index contributed by atoms with van der Waals surface area (Å²) in [5.41, 5.74) is 5.29. The lowest BCUT2D eigenvalue weighted by molar-refractivity contribution is 0.134. The first-order valence-corrected chi connectivity index (χ1v) is 14.1. The van der Waals surface area contributed by atoms with Crippen LogP contribution < -0.4 is 0 Å². The lowest BCUT2D eigenvalue weighted by Gasteiger charge is -2.38. The molecule has 2 fully saturated rings. The summed E-state index contributed by atoms with van der Waals surface area (Å²) < 4.78 is 18.0. The monoisotopic (exact) mass is 464 g/mol. The molecule has 2 aromatic carbocycles. The zero-order valence-corrected chi connectivity index (χ0v) is 21.3. The van der Waals surface area contributed by atoms with Crippen molar-refractivity contribution in [1.29, 1.82) is 0 Å². The summed E-state index contributed by atoms with van der Waals surface area (Å²) in [6.45, 7) is 3.36. The number of aryl methyl sites for hydroxylation is 1. The van der Waals surface area contributed by atoms with E-state index in [2.05, 4.69) is 48.5 Å². The normalized spacial score (nSPS) is 25.4. The maximum absolute atomic E-state index is 12.5. The van der Waals surface area contributed by atoms with Gasteiger partial charge in [0.2, 0.25) is 0 Å². The van der Waals surface area contributed by atoms with Gasteiger partial charge < -0.3 is 4.74 Å². The van der Waals surface area contributed by atoms with E-state index in [9.17, 15) is 4.39 Å². The van der Waals surface area contributed by atoms with Crippen LogP contribution in [0.1, 0.15) is 88.7 Å². The van der Waals surface area contributed by atoms with E-state index in [0.717, 1.165) is 43.1 Å². The number of alkyl halides is 1. The van der Waals surface area contributed by atoms with Crippen molar-refractivity contribution in [2.75, 3.05) is 13.3 Å². The maximum atomic E-state index is 12.5. The van der Waals surface area contributed by atoms with Crippen LogP contribution in [0, 0.1) is 23.7 Å². The van der Waals surface area contributed by atoms with Crippen LogP contribution in [0.4, 0.5) is 4.39 Å². The molecule has 34 heavy (non-hydrogen) atoms. The topological polar surface area (TPSA) is 9.23 Å². The minimum Gasteiger partial charge on any atom is -0.377 e. The number of ether oxygens (including phenoxy) is 1. The van der Waals surface area contributed by atoms with Crippen LogP contribution in [0.5, 0.6) is 0 Å². The molecule has 0 heterocycles. The van der Waals surface area contributed by atoms with Crippen molar-refractivity contribution < 1.29 is 9.13 Å². The van der Waals surface area contributed by atoms with E-state index in [1.807, 2.05) is 6.92 Å². The number of halogens is 1. The fraction of sp³-hybridized carbons (Fsp3) is 0.625. The minimum atomic E-state index is -0.128. The van der Waals surface area contributed by atoms with Crippen molar-refractivity contribution >= 4 is 0 Å². The first-order chi connectivity index (χ1) is 16.7. The first kappa shape index (κ1) is 25.4. The molecule has 0 N–H and O–H groups in total. The fourth-order valence-corrected chi connectivity index (χ4v) is 6.51. The second-order valence-corrected chi connectivity index (χ2v) is 11.0. The van der Waals surface area contributed by atoms with Crippen molar-refractivity contribution in [3.63, 3.8) is 0 Å². The van der Waals surface area contributed by atoms with Crippen molar-refractivity contribution in [1.82, 2.24) is 0 Å². The molecular weight excluding hydrogens is 419 g/mol. The van der Waals surface area contributed by atoms with Crippen molar-refractivity contribution in [3.05, 3.63) is 59.7 Å². The molecule has 0 radical (unpaired) electrons. The third-order valence-corrected chi connectivity index (χ3v) is 8.75. The Balaban J connectivity index is 1.17. The molecule has 0 saturated heterocycles. The highest BCUT2D eigenvalue weighted by atomic mass is 19.1. The van der Waals surface area contributed by atoms with Crippen molar-refractivity contribution in [2.24, 2.45) is 23.7 Å². The van der Waals surface area contributed by atoms with E-state index in [4.69, 9.17) is 4.74 Å². The van der Waals surface area contributed by atoms with Gasteiger partial charge in [0, 0.05) is 6.61 Å². The van der Waals surface area contributed by atoms with E-state index in [1.165, 1.54) is 86.5 Å². The van der Waals surface area contributed by atoms with Gasteiger partial charge in [0.05, 0.1) is 13.3 Å². The molecule has 2 aliphatic carbocycles. The van der Waals surface area contributed by atoms with E-state index >= 15 is 0 Å². The molecule has 2 aliphatic rings. The predicted molar refractivity (Wildman–Crippen MR) is 142 cm³/mol. The lowest BCUT2D eigenvalue weighted by atomic mass is 9.68. The summed E-state index contributed by atoms with van der Waals surface area (Å²) >= 11 is 0. The van der Waals surface area contributed by atoms with Gasteiger partial charge in [0.15, 0.2) is 0 Å². The first-order valence-electron chi connectivity index (χ1n) is 14.1. The summed E-state index contributed by atoms with van der Waals surface area (Å²) in [7, 11) is 0. The van der Waals surface area contributed by atoms with Gasteiger partial charge >= 0.3 is 0 Å². The van der Waals surface area contributed by atoms with Crippen LogP contribution in [0.25, 0.3) is 11.1 Å². The molecule has 0 amide bonds. The van der Waals surface area contributed by atoms with E-state index in [1.54, 1.807) is 0 Å². The molecule has 0 atom stereocenters. The van der Waals surface area contributed by atoms with Crippen LogP contribution in [-0.4, -0.2) is 13.3 Å². The van der Waals surface area contributed by atoms with Crippen LogP contribution in [0.15, 0.2) is 48.5 Å². The molecular formula is C32H45FO. The Morgan fingerprint density at radius 2 is 1.18 bits per heavy atom. The molecule has 186 valence electrons. The largest absolute Gasteiger partial charge is 0.377 e. The Kier molecular flexibility index (Phi) is 10.0. The van der Waals surface area contributed by atoms with E-state index < -0.39 is 0 Å². The Bertz CT molecular complexity index is 811. The van der Waals surface area contributed by atoms with Gasteiger partial charge in [-0.1, -0.05) is 74.2 Å². The summed E-state index contributed by atoms with van der Waals surface area (Å²) in [6.07, 6.45) is 15.8. The predicted octanol–water partition coefficient (Wildman–Crippen LogP) is 9.19. The Labute approximate surface area is 207 Å². The van der Waals surface area contributed by atoms with Crippen molar-refractivity contribution in [3.8, 4) is 11.1 Å². The number of hydrogen-bond acceptors (Lipinski definition) is 1. The minimum absolute atomic E-state index is 0.128. The molecule has 0 aliphatic heterocycles. The molecule has 2 saturated carbocycles. The summed E-state index contributed by atoms with van der Waals surface area (Å²) in [6, 6.07) is 18.0. The zero-order valence-electron chi connectivity index (χ0n) is 21.3. The van der Waals surface area contributed by atoms with Gasteiger partial charge in [-0.2, -0.15) is 0 Å². The van der Waals surface area contributed by atoms with Gasteiger partial charge in [-0.3, -0.25) is 4.39 Å². The summed E-state index contributed by atoms with van der Waals surface area (Å²) in [5, 5.41) is 0. The maximum Gasteiger partial charge on any atom is 0.0894 e. The molecule has 0 unspecified atom stereocenters. The standard InChI is InChI=1S/C32H45FO/c1-2-34-24-28-13-21-32(22-14-28)31-19-11-27(12-20-31)6-5-26-9-17-30(18-10-26)29-15-7-25(8-16-29)4-3-23-33/h11-14,19-22,25-26,29-30H,2-10,15-18,23-24H2,1H3/t25-,26?,29-,30?. The molecule has 0 aromatic heterocycles. The Morgan fingerprint density at radius 1 is 0.676 bits per heavy atom. The molecule has 4 rings (SSSR count). The third-order valence-electron chi connectivity index (χ3n) is 8.75. The van der Waals surface area contributed by atoms with E-state index in [0.29, 0.717) is 6.61 Å². The summed E-state index contributed by atoms with van der Waals surface area (Å²) in [5.74, 6) is 3.66. The van der Waals surface area contributed by atoms with E-state index in [-0.39, 0.29) is 6.67 Å². The Morgan fingerprint density at radius 3 is 1.68 bits per heavy atom. The average Bonchev–Trinajstić information content (AvgIpc) is 2.91. The molecule has 0 spiro atoms. The van der Waals surface area contributed by atoms with Crippen LogP contribution >= 0.6 is 0 Å². The zero-order chi connectivity index (χ0) is 23.6. The number of rotatable bonds is 11. The molecule has 0 bridgehead atoms. The average molecular weight is 465 g/mol. The van der Waals surface area contributed by atoms with Gasteiger partial charge in [0.1, 0.15) is 0 Å². The van der Waals surface area contributed by atoms with Gasteiger partial charge in [-0.05, 0) is 104 Å². The second-order valence-electron chi connectivity index (χ2n) is 11.0. The van der Waals surface area contributed by atoms with Crippen LogP contribution in [0.2, 0.25) is 0 Å². The number of benzene rings is 2. The molecule has 2 heteroatoms. The second kappa shape index (κ2) is 13.4. The lowest BCUT2D eigenvalue weighted by Crippen LogP contribution is -2.26. The van der Waals surface area contributed by atoms with Gasteiger partial charge in [-0.25, -0.2) is 0 Å². The van der Waals surface area contributed by atoms with Gasteiger partial charge in [0.25, 0.3) is 0 Å². The van der Waals surface area contributed by atoms with Crippen molar-refractivity contribution in [2.45, 2.75) is 90.6 Å². The highest BCUT2D eigenvalue weighted by Gasteiger charge is 2.30. The molecule has 1 nitrogen and oxygen atoms in total. The highest BCUT2D eigenvalue weighted by Crippen LogP contribution is 2.43. The van der Waals surface area contributed by atoms with Crippen LogP contribution in [0.3, 0.4) is 0 Å². The summed E-state index contributed by atoms with van der Waals surface area (Å²) in [4.78, 5) is 0.